The van der Waals surface area contributed by atoms with Crippen LogP contribution in [0.3, 0.4) is 0 Å². The number of nitrogens with zero attached hydrogens (tertiary/aromatic N) is 1. The number of carbonyl (C=O) groups excluding carboxylic acids is 1. The van der Waals surface area contributed by atoms with E-state index in [0.29, 0.717) is 11.4 Å². The third kappa shape index (κ3) is 4.58. The number of hydrogen-bond acceptors (Lipinski definition) is 3. The summed E-state index contributed by atoms with van der Waals surface area (Å²) in [5.41, 5.74) is 2.94. The van der Waals surface area contributed by atoms with Gasteiger partial charge < -0.3 is 5.32 Å². The van der Waals surface area contributed by atoms with Crippen molar-refractivity contribution in [2.45, 2.75) is 13.8 Å². The van der Waals surface area contributed by atoms with Crippen LogP contribution >= 0.6 is 15.9 Å². The van der Waals surface area contributed by atoms with Crippen LogP contribution in [0.15, 0.2) is 46.9 Å². The summed E-state index contributed by atoms with van der Waals surface area (Å²) < 4.78 is 26.1. The molecule has 0 bridgehead atoms. The van der Waals surface area contributed by atoms with E-state index in [-0.39, 0.29) is 6.54 Å². The van der Waals surface area contributed by atoms with Crippen LogP contribution in [0.4, 0.5) is 11.4 Å². The Morgan fingerprint density at radius 2 is 1.83 bits per heavy atom. The van der Waals surface area contributed by atoms with Crippen molar-refractivity contribution >= 4 is 43.2 Å². The highest BCUT2D eigenvalue weighted by Crippen LogP contribution is 2.25. The topological polar surface area (TPSA) is 66.5 Å². The van der Waals surface area contributed by atoms with Gasteiger partial charge in [0, 0.05) is 4.47 Å². The Labute approximate surface area is 150 Å². The Hall–Kier alpha value is -1.86. The predicted molar refractivity (Wildman–Crippen MR) is 101 cm³/mol. The Morgan fingerprint density at radius 1 is 1.17 bits per heavy atom. The standard InChI is InChI=1S/C17H19BrN2O3S/c1-12-8-9-15(14(18)10-12)19-17(21)11-20(24(3,22)23)16-7-5-4-6-13(16)2/h4-10H,11H2,1-3H3,(H,19,21). The molecule has 0 saturated carbocycles. The molecule has 2 rings (SSSR count). The first-order chi connectivity index (χ1) is 11.2. The molecule has 0 aliphatic heterocycles. The lowest BCUT2D eigenvalue weighted by Gasteiger charge is -2.23. The molecule has 0 fully saturated rings. The van der Waals surface area contributed by atoms with Crippen molar-refractivity contribution in [2.24, 2.45) is 0 Å². The smallest absolute Gasteiger partial charge is 0.245 e. The molecule has 0 aliphatic rings. The van der Waals surface area contributed by atoms with E-state index in [1.54, 1.807) is 18.2 Å². The van der Waals surface area contributed by atoms with Crippen molar-refractivity contribution in [3.05, 3.63) is 58.1 Å². The molecule has 1 N–H and O–H groups in total. The molecule has 0 atom stereocenters. The molecule has 0 unspecified atom stereocenters. The van der Waals surface area contributed by atoms with Gasteiger partial charge in [0.15, 0.2) is 0 Å². The van der Waals surface area contributed by atoms with Crippen LogP contribution in [0.5, 0.6) is 0 Å². The quantitative estimate of drug-likeness (QED) is 0.820. The van der Waals surface area contributed by atoms with Crippen LogP contribution in [0.2, 0.25) is 0 Å². The molecule has 5 nitrogen and oxygen atoms in total. The first-order valence-electron chi connectivity index (χ1n) is 7.28. The molecular formula is C17H19BrN2O3S. The van der Waals surface area contributed by atoms with Crippen LogP contribution in [0.25, 0.3) is 0 Å². The van der Waals surface area contributed by atoms with Crippen LogP contribution in [-0.4, -0.2) is 27.1 Å². The Morgan fingerprint density at radius 3 is 2.42 bits per heavy atom. The van der Waals surface area contributed by atoms with Crippen molar-refractivity contribution < 1.29 is 13.2 Å². The summed E-state index contributed by atoms with van der Waals surface area (Å²) in [5, 5.41) is 2.74. The first-order valence-corrected chi connectivity index (χ1v) is 9.92. The molecule has 0 aromatic heterocycles. The number of nitrogens with one attached hydrogen (secondary N) is 1. The van der Waals surface area contributed by atoms with E-state index in [4.69, 9.17) is 0 Å². The van der Waals surface area contributed by atoms with E-state index in [0.717, 1.165) is 26.2 Å². The highest BCUT2D eigenvalue weighted by Gasteiger charge is 2.22. The lowest BCUT2D eigenvalue weighted by atomic mass is 10.2. The maximum atomic E-state index is 12.4. The summed E-state index contributed by atoms with van der Waals surface area (Å²) in [5.74, 6) is -0.409. The van der Waals surface area contributed by atoms with E-state index in [2.05, 4.69) is 21.2 Å². The second kappa shape index (κ2) is 7.36. The van der Waals surface area contributed by atoms with Crippen LogP contribution < -0.4 is 9.62 Å². The summed E-state index contributed by atoms with van der Waals surface area (Å²) in [6, 6.07) is 12.6. The van der Waals surface area contributed by atoms with Crippen molar-refractivity contribution in [3.63, 3.8) is 0 Å². The predicted octanol–water partition coefficient (Wildman–Crippen LogP) is 3.47. The third-order valence-corrected chi connectivity index (χ3v) is 5.25. The van der Waals surface area contributed by atoms with Crippen molar-refractivity contribution in [2.75, 3.05) is 22.4 Å². The number of hydrogen-bond donors (Lipinski definition) is 1. The molecule has 24 heavy (non-hydrogen) atoms. The lowest BCUT2D eigenvalue weighted by Crippen LogP contribution is -2.37. The minimum absolute atomic E-state index is 0.288. The van der Waals surface area contributed by atoms with Gasteiger partial charge in [0.1, 0.15) is 6.54 Å². The number of carbonyl (C=O) groups is 1. The zero-order valence-corrected chi connectivity index (χ0v) is 16.1. The molecular weight excluding hydrogens is 392 g/mol. The maximum Gasteiger partial charge on any atom is 0.245 e. The van der Waals surface area contributed by atoms with Crippen molar-refractivity contribution in [1.82, 2.24) is 0 Å². The molecule has 0 radical (unpaired) electrons. The van der Waals surface area contributed by atoms with Gasteiger partial charge in [-0.3, -0.25) is 9.10 Å². The monoisotopic (exact) mass is 410 g/mol. The zero-order valence-electron chi connectivity index (χ0n) is 13.7. The number of aryl methyl sites for hydroxylation is 2. The number of benzene rings is 2. The highest BCUT2D eigenvalue weighted by molar-refractivity contribution is 9.10. The largest absolute Gasteiger partial charge is 0.323 e. The Kier molecular flexibility index (Phi) is 5.66. The van der Waals surface area contributed by atoms with Gasteiger partial charge in [0.2, 0.25) is 15.9 Å². The van der Waals surface area contributed by atoms with Gasteiger partial charge in [-0.25, -0.2) is 8.42 Å². The molecule has 1 amide bonds. The second-order valence-corrected chi connectivity index (χ2v) is 8.35. The maximum absolute atomic E-state index is 12.4. The lowest BCUT2D eigenvalue weighted by molar-refractivity contribution is -0.114. The van der Waals surface area contributed by atoms with Gasteiger partial charge in [-0.1, -0.05) is 24.3 Å². The molecule has 2 aromatic rings. The summed E-state index contributed by atoms with van der Waals surface area (Å²) in [7, 11) is -3.58. The number of halogens is 1. The van der Waals surface area contributed by atoms with E-state index < -0.39 is 15.9 Å². The molecule has 0 saturated heterocycles. The van der Waals surface area contributed by atoms with E-state index in [9.17, 15) is 13.2 Å². The van der Waals surface area contributed by atoms with Crippen LogP contribution in [0, 0.1) is 13.8 Å². The molecule has 0 spiro atoms. The first kappa shape index (κ1) is 18.5. The van der Waals surface area contributed by atoms with E-state index >= 15 is 0 Å². The number of para-hydroxylation sites is 1. The van der Waals surface area contributed by atoms with E-state index in [1.165, 1.54) is 0 Å². The summed E-state index contributed by atoms with van der Waals surface area (Å²) in [6.45, 7) is 3.46. The van der Waals surface area contributed by atoms with Gasteiger partial charge in [0.25, 0.3) is 0 Å². The van der Waals surface area contributed by atoms with Gasteiger partial charge in [-0.2, -0.15) is 0 Å². The number of amides is 1. The third-order valence-electron chi connectivity index (χ3n) is 3.47. The fourth-order valence-corrected chi connectivity index (χ4v) is 3.77. The van der Waals surface area contributed by atoms with Crippen molar-refractivity contribution in [3.8, 4) is 0 Å². The number of anilines is 2. The number of sulfonamides is 1. The summed E-state index contributed by atoms with van der Waals surface area (Å²) >= 11 is 3.39. The fraction of sp³-hybridized carbons (Fsp3) is 0.235. The van der Waals surface area contributed by atoms with Gasteiger partial charge >= 0.3 is 0 Å². The van der Waals surface area contributed by atoms with Crippen LogP contribution in [-0.2, 0) is 14.8 Å². The molecule has 0 heterocycles. The zero-order chi connectivity index (χ0) is 17.9. The minimum Gasteiger partial charge on any atom is -0.323 e. The normalized spacial score (nSPS) is 11.2. The van der Waals surface area contributed by atoms with Gasteiger partial charge in [-0.15, -0.1) is 0 Å². The van der Waals surface area contributed by atoms with Gasteiger partial charge in [-0.05, 0) is 59.1 Å². The van der Waals surface area contributed by atoms with Crippen molar-refractivity contribution in [1.29, 1.82) is 0 Å². The molecule has 2 aromatic carbocycles. The fourth-order valence-electron chi connectivity index (χ4n) is 2.27. The molecule has 0 aliphatic carbocycles. The Bertz CT molecular complexity index is 866. The molecule has 7 heteroatoms. The highest BCUT2D eigenvalue weighted by atomic mass is 79.9. The summed E-state index contributed by atoms with van der Waals surface area (Å²) in [6.07, 6.45) is 1.09. The minimum atomic E-state index is -3.58. The van der Waals surface area contributed by atoms with E-state index in [1.807, 2.05) is 38.1 Å². The average Bonchev–Trinajstić information content (AvgIpc) is 2.47. The van der Waals surface area contributed by atoms with Gasteiger partial charge in [0.05, 0.1) is 17.6 Å². The summed E-state index contributed by atoms with van der Waals surface area (Å²) in [4.78, 5) is 12.4. The molecule has 128 valence electrons. The number of rotatable bonds is 5. The SMILES string of the molecule is Cc1ccc(NC(=O)CN(c2ccccc2C)S(C)(=O)=O)c(Br)c1. The Balaban J connectivity index is 2.24. The second-order valence-electron chi connectivity index (χ2n) is 5.59. The average molecular weight is 411 g/mol. The van der Waals surface area contributed by atoms with Crippen LogP contribution in [0.1, 0.15) is 11.1 Å².